The molecule has 1 aliphatic heterocycles. The fourth-order valence-electron chi connectivity index (χ4n) is 4.20. The molecule has 1 aromatic rings. The number of piperidine rings is 1. The van der Waals surface area contributed by atoms with Crippen LogP contribution in [0.15, 0.2) is 29.3 Å². The number of rotatable bonds is 6. The van der Waals surface area contributed by atoms with Crippen molar-refractivity contribution in [3.05, 3.63) is 29.8 Å². The third-order valence-electron chi connectivity index (χ3n) is 5.85. The topological polar surface area (TPSA) is 48.9 Å². The van der Waals surface area contributed by atoms with Crippen molar-refractivity contribution in [3.63, 3.8) is 0 Å². The quantitative estimate of drug-likeness (QED) is 0.353. The second-order valence-corrected chi connectivity index (χ2v) is 8.09. The Morgan fingerprint density at radius 2 is 1.79 bits per heavy atom. The van der Waals surface area contributed by atoms with Crippen LogP contribution in [0.25, 0.3) is 0 Å². The average Bonchev–Trinajstić information content (AvgIpc) is 3.22. The van der Waals surface area contributed by atoms with Gasteiger partial charge in [-0.05, 0) is 51.7 Å². The molecule has 2 aliphatic rings. The van der Waals surface area contributed by atoms with Crippen LogP contribution >= 0.6 is 24.0 Å². The van der Waals surface area contributed by atoms with Crippen molar-refractivity contribution >= 4 is 29.9 Å². The van der Waals surface area contributed by atoms with E-state index in [4.69, 9.17) is 4.74 Å². The zero-order valence-corrected chi connectivity index (χ0v) is 19.9. The van der Waals surface area contributed by atoms with Gasteiger partial charge in [0.15, 0.2) is 5.96 Å². The molecule has 0 bridgehead atoms. The third kappa shape index (κ3) is 7.10. The van der Waals surface area contributed by atoms with Gasteiger partial charge < -0.3 is 20.3 Å². The summed E-state index contributed by atoms with van der Waals surface area (Å²) in [6, 6.07) is 9.57. The molecule has 0 amide bonds. The van der Waals surface area contributed by atoms with Gasteiger partial charge in [-0.2, -0.15) is 0 Å². The number of guanidine groups is 1. The van der Waals surface area contributed by atoms with Crippen LogP contribution in [0.4, 0.5) is 0 Å². The largest absolute Gasteiger partial charge is 0.489 e. The number of halogens is 1. The SMILES string of the molecule is CN=C(NCC(C)Oc1ccc(C)cc1)NC1CCN(C2CCCC2)CC1.I. The first kappa shape index (κ1) is 23.3. The predicted molar refractivity (Wildman–Crippen MR) is 128 cm³/mol. The van der Waals surface area contributed by atoms with Gasteiger partial charge >= 0.3 is 0 Å². The highest BCUT2D eigenvalue weighted by Crippen LogP contribution is 2.26. The number of nitrogens with one attached hydrogen (secondary N) is 2. The molecule has 0 aromatic heterocycles. The van der Waals surface area contributed by atoms with Gasteiger partial charge in [-0.15, -0.1) is 24.0 Å². The van der Waals surface area contributed by atoms with Crippen LogP contribution in [0, 0.1) is 6.92 Å². The van der Waals surface area contributed by atoms with Crippen LogP contribution < -0.4 is 15.4 Å². The van der Waals surface area contributed by atoms with Gasteiger partial charge in [0.2, 0.25) is 0 Å². The molecule has 1 aliphatic carbocycles. The van der Waals surface area contributed by atoms with E-state index < -0.39 is 0 Å². The highest BCUT2D eigenvalue weighted by atomic mass is 127. The lowest BCUT2D eigenvalue weighted by Crippen LogP contribution is -2.51. The number of likely N-dealkylation sites (tertiary alicyclic amines) is 1. The molecule has 6 heteroatoms. The summed E-state index contributed by atoms with van der Waals surface area (Å²) < 4.78 is 5.97. The summed E-state index contributed by atoms with van der Waals surface area (Å²) in [5.41, 5.74) is 1.25. The van der Waals surface area contributed by atoms with Crippen molar-refractivity contribution in [3.8, 4) is 5.75 Å². The average molecular weight is 500 g/mol. The zero-order valence-electron chi connectivity index (χ0n) is 17.6. The summed E-state index contributed by atoms with van der Waals surface area (Å²) in [4.78, 5) is 7.10. The van der Waals surface area contributed by atoms with Crippen LogP contribution in [0.1, 0.15) is 51.0 Å². The van der Waals surface area contributed by atoms with E-state index in [0.717, 1.165) is 24.3 Å². The molecule has 28 heavy (non-hydrogen) atoms. The first-order valence-electron chi connectivity index (χ1n) is 10.6. The maximum atomic E-state index is 5.97. The van der Waals surface area contributed by atoms with E-state index in [2.05, 4.69) is 46.5 Å². The van der Waals surface area contributed by atoms with Crippen molar-refractivity contribution in [2.24, 2.45) is 4.99 Å². The van der Waals surface area contributed by atoms with Crippen molar-refractivity contribution in [1.29, 1.82) is 0 Å². The maximum Gasteiger partial charge on any atom is 0.191 e. The molecular weight excluding hydrogens is 463 g/mol. The van der Waals surface area contributed by atoms with Gasteiger partial charge in [-0.3, -0.25) is 4.99 Å². The number of benzene rings is 1. The van der Waals surface area contributed by atoms with Gasteiger partial charge in [-0.25, -0.2) is 0 Å². The van der Waals surface area contributed by atoms with Crippen LogP contribution in [0.3, 0.4) is 0 Å². The van der Waals surface area contributed by atoms with Crippen molar-refractivity contribution in [1.82, 2.24) is 15.5 Å². The molecule has 0 spiro atoms. The summed E-state index contributed by atoms with van der Waals surface area (Å²) in [5, 5.41) is 7.01. The predicted octanol–water partition coefficient (Wildman–Crippen LogP) is 3.95. The third-order valence-corrected chi connectivity index (χ3v) is 5.85. The van der Waals surface area contributed by atoms with Crippen LogP contribution in [-0.4, -0.2) is 55.7 Å². The Labute approximate surface area is 187 Å². The highest BCUT2D eigenvalue weighted by Gasteiger charge is 2.27. The Kier molecular flexibility index (Phi) is 9.85. The lowest BCUT2D eigenvalue weighted by molar-refractivity contribution is 0.150. The lowest BCUT2D eigenvalue weighted by atomic mass is 10.0. The van der Waals surface area contributed by atoms with Crippen molar-refractivity contribution < 1.29 is 4.74 Å². The Bertz CT molecular complexity index is 593. The minimum Gasteiger partial charge on any atom is -0.489 e. The van der Waals surface area contributed by atoms with Gasteiger partial charge in [0.05, 0.1) is 6.54 Å². The Balaban J connectivity index is 0.00000280. The van der Waals surface area contributed by atoms with E-state index in [-0.39, 0.29) is 30.1 Å². The molecule has 1 saturated heterocycles. The molecule has 2 fully saturated rings. The minimum atomic E-state index is 0. The Hall–Kier alpha value is -1.02. The number of aliphatic imine (C=N–C) groups is 1. The monoisotopic (exact) mass is 500 g/mol. The first-order chi connectivity index (χ1) is 13.1. The lowest BCUT2D eigenvalue weighted by Gasteiger charge is -2.36. The number of aryl methyl sites for hydroxylation is 1. The number of hydrogen-bond donors (Lipinski definition) is 2. The number of hydrogen-bond acceptors (Lipinski definition) is 3. The van der Waals surface area contributed by atoms with E-state index in [1.165, 1.54) is 57.2 Å². The molecule has 1 aromatic carbocycles. The van der Waals surface area contributed by atoms with Gasteiger partial charge in [0, 0.05) is 32.2 Å². The second-order valence-electron chi connectivity index (χ2n) is 8.09. The first-order valence-corrected chi connectivity index (χ1v) is 10.6. The normalized spacial score (nSPS) is 20.5. The zero-order chi connectivity index (χ0) is 19.1. The fourth-order valence-corrected chi connectivity index (χ4v) is 4.20. The highest BCUT2D eigenvalue weighted by molar-refractivity contribution is 14.0. The van der Waals surface area contributed by atoms with Gasteiger partial charge in [-0.1, -0.05) is 30.5 Å². The molecule has 3 rings (SSSR count). The van der Waals surface area contributed by atoms with Crippen LogP contribution in [0.2, 0.25) is 0 Å². The molecule has 5 nitrogen and oxygen atoms in total. The van der Waals surface area contributed by atoms with E-state index >= 15 is 0 Å². The standard InChI is InChI=1S/C22H36N4O.HI/c1-17-8-10-21(11-9-17)27-18(2)16-24-22(23-3)25-19-12-14-26(15-13-19)20-6-4-5-7-20;/h8-11,18-20H,4-7,12-16H2,1-3H3,(H2,23,24,25);1H. The van der Waals surface area contributed by atoms with Crippen LogP contribution in [-0.2, 0) is 0 Å². The molecular formula is C22H37IN4O. The summed E-state index contributed by atoms with van der Waals surface area (Å²) in [5.74, 6) is 1.80. The number of nitrogens with zero attached hydrogens (tertiary/aromatic N) is 2. The van der Waals surface area contributed by atoms with E-state index in [9.17, 15) is 0 Å². The molecule has 158 valence electrons. The summed E-state index contributed by atoms with van der Waals surface area (Å²) in [6.07, 6.45) is 8.12. The Morgan fingerprint density at radius 3 is 2.39 bits per heavy atom. The van der Waals surface area contributed by atoms with E-state index in [0.29, 0.717) is 6.04 Å². The molecule has 0 radical (unpaired) electrons. The van der Waals surface area contributed by atoms with E-state index in [1.54, 1.807) is 0 Å². The molecule has 1 saturated carbocycles. The molecule has 1 heterocycles. The summed E-state index contributed by atoms with van der Waals surface area (Å²) in [6.45, 7) is 7.33. The maximum absolute atomic E-state index is 5.97. The minimum absolute atomic E-state index is 0. The molecule has 2 N–H and O–H groups in total. The Morgan fingerprint density at radius 1 is 1.14 bits per heavy atom. The second kappa shape index (κ2) is 11.9. The van der Waals surface area contributed by atoms with Crippen LogP contribution in [0.5, 0.6) is 5.75 Å². The molecule has 1 atom stereocenters. The summed E-state index contributed by atoms with van der Waals surface area (Å²) in [7, 11) is 1.84. The van der Waals surface area contributed by atoms with Crippen molar-refractivity contribution in [2.75, 3.05) is 26.7 Å². The van der Waals surface area contributed by atoms with Crippen molar-refractivity contribution in [2.45, 2.75) is 70.6 Å². The smallest absolute Gasteiger partial charge is 0.191 e. The van der Waals surface area contributed by atoms with E-state index in [1.807, 2.05) is 19.2 Å². The van der Waals surface area contributed by atoms with Gasteiger partial charge in [0.1, 0.15) is 11.9 Å². The van der Waals surface area contributed by atoms with Gasteiger partial charge in [0.25, 0.3) is 0 Å². The molecule has 1 unspecified atom stereocenters. The fraction of sp³-hybridized carbons (Fsp3) is 0.682. The summed E-state index contributed by atoms with van der Waals surface area (Å²) >= 11 is 0. The number of ether oxygens (including phenoxy) is 1.